The summed E-state index contributed by atoms with van der Waals surface area (Å²) in [5.74, 6) is 0. The molecular weight excluding hydrogens is 356 g/mol. The molecule has 0 bridgehead atoms. The van der Waals surface area contributed by atoms with Crippen molar-refractivity contribution in [1.29, 1.82) is 0 Å². The van der Waals surface area contributed by atoms with Gasteiger partial charge in [0.15, 0.2) is 0 Å². The van der Waals surface area contributed by atoms with Gasteiger partial charge in [-0.05, 0) is 35.9 Å². The molecule has 6 heteroatoms. The SMILES string of the molecule is CN(C(c1ccccc1)c1ccccn1)S(=O)(=O)c1cccc(Cl)c1. The summed E-state index contributed by atoms with van der Waals surface area (Å²) in [5.41, 5.74) is 1.50. The molecule has 0 aliphatic carbocycles. The maximum Gasteiger partial charge on any atom is 0.243 e. The summed E-state index contributed by atoms with van der Waals surface area (Å²) in [6, 6.07) is 20.6. The first-order valence-corrected chi connectivity index (χ1v) is 9.51. The fourth-order valence-electron chi connectivity index (χ4n) is 2.67. The Morgan fingerprint density at radius 3 is 2.32 bits per heavy atom. The predicted molar refractivity (Wildman–Crippen MR) is 98.9 cm³/mol. The number of hydrogen-bond acceptors (Lipinski definition) is 3. The summed E-state index contributed by atoms with van der Waals surface area (Å²) in [6.45, 7) is 0. The number of hydrogen-bond donors (Lipinski definition) is 0. The standard InChI is InChI=1S/C19H17ClN2O2S/c1-22(25(23,24)17-11-7-10-16(20)14-17)19(15-8-3-2-4-9-15)18-12-5-6-13-21-18/h2-14,19H,1H3. The quantitative estimate of drug-likeness (QED) is 0.676. The van der Waals surface area contributed by atoms with E-state index in [0.29, 0.717) is 10.7 Å². The van der Waals surface area contributed by atoms with Crippen LogP contribution in [0.5, 0.6) is 0 Å². The van der Waals surface area contributed by atoms with E-state index in [1.165, 1.54) is 16.4 Å². The molecule has 0 fully saturated rings. The van der Waals surface area contributed by atoms with Crippen LogP contribution in [-0.2, 0) is 10.0 Å². The molecule has 1 aromatic heterocycles. The lowest BCUT2D eigenvalue weighted by Gasteiger charge is -2.27. The number of rotatable bonds is 5. The van der Waals surface area contributed by atoms with Crippen molar-refractivity contribution in [3.63, 3.8) is 0 Å². The van der Waals surface area contributed by atoms with Crippen molar-refractivity contribution in [2.75, 3.05) is 7.05 Å². The molecule has 0 aliphatic heterocycles. The Balaban J connectivity index is 2.10. The second-order valence-electron chi connectivity index (χ2n) is 5.55. The molecule has 0 radical (unpaired) electrons. The zero-order valence-electron chi connectivity index (χ0n) is 13.6. The third-order valence-corrected chi connectivity index (χ3v) is 5.97. The van der Waals surface area contributed by atoms with E-state index in [4.69, 9.17) is 11.6 Å². The highest BCUT2D eigenvalue weighted by Crippen LogP contribution is 2.31. The lowest BCUT2D eigenvalue weighted by molar-refractivity contribution is 0.412. The minimum Gasteiger partial charge on any atom is -0.259 e. The van der Waals surface area contributed by atoms with E-state index in [1.54, 1.807) is 31.4 Å². The van der Waals surface area contributed by atoms with E-state index in [9.17, 15) is 8.42 Å². The van der Waals surface area contributed by atoms with Crippen molar-refractivity contribution in [3.05, 3.63) is 95.3 Å². The summed E-state index contributed by atoms with van der Waals surface area (Å²) in [5, 5.41) is 0.378. The Morgan fingerprint density at radius 1 is 0.960 bits per heavy atom. The molecule has 0 spiro atoms. The van der Waals surface area contributed by atoms with Crippen LogP contribution < -0.4 is 0 Å². The third kappa shape index (κ3) is 3.74. The molecule has 3 aromatic rings. The fourth-order valence-corrected chi connectivity index (χ4v) is 4.29. The van der Waals surface area contributed by atoms with E-state index < -0.39 is 16.1 Å². The zero-order chi connectivity index (χ0) is 17.9. The van der Waals surface area contributed by atoms with Gasteiger partial charge in [0, 0.05) is 18.3 Å². The van der Waals surface area contributed by atoms with Gasteiger partial charge in [-0.3, -0.25) is 4.98 Å². The molecule has 3 rings (SSSR count). The maximum absolute atomic E-state index is 13.1. The minimum absolute atomic E-state index is 0.152. The third-order valence-electron chi connectivity index (χ3n) is 3.92. The molecule has 0 N–H and O–H groups in total. The van der Waals surface area contributed by atoms with Crippen LogP contribution >= 0.6 is 11.6 Å². The molecule has 25 heavy (non-hydrogen) atoms. The second-order valence-corrected chi connectivity index (χ2v) is 7.98. The molecule has 4 nitrogen and oxygen atoms in total. The number of sulfonamides is 1. The van der Waals surface area contributed by atoms with Gasteiger partial charge in [0.05, 0.1) is 16.6 Å². The number of aromatic nitrogens is 1. The largest absolute Gasteiger partial charge is 0.259 e. The normalized spacial score (nSPS) is 12.9. The smallest absolute Gasteiger partial charge is 0.243 e. The number of nitrogens with zero attached hydrogens (tertiary/aromatic N) is 2. The Hall–Kier alpha value is -2.21. The molecule has 0 saturated carbocycles. The number of benzene rings is 2. The molecule has 0 aliphatic rings. The van der Waals surface area contributed by atoms with Crippen LogP contribution in [0.3, 0.4) is 0 Å². The summed E-state index contributed by atoms with van der Waals surface area (Å²) in [7, 11) is -2.19. The molecular formula is C19H17ClN2O2S. The highest BCUT2D eigenvalue weighted by Gasteiger charge is 2.31. The summed E-state index contributed by atoms with van der Waals surface area (Å²) in [4.78, 5) is 4.52. The lowest BCUT2D eigenvalue weighted by Crippen LogP contribution is -2.32. The predicted octanol–water partition coefficient (Wildman–Crippen LogP) is 4.15. The summed E-state index contributed by atoms with van der Waals surface area (Å²) >= 11 is 5.97. The van der Waals surface area contributed by atoms with Crippen LogP contribution in [0.25, 0.3) is 0 Å². The van der Waals surface area contributed by atoms with Gasteiger partial charge >= 0.3 is 0 Å². The van der Waals surface area contributed by atoms with Crippen LogP contribution in [0.4, 0.5) is 0 Å². The van der Waals surface area contributed by atoms with Crippen molar-refractivity contribution in [1.82, 2.24) is 9.29 Å². The maximum atomic E-state index is 13.1. The summed E-state index contributed by atoms with van der Waals surface area (Å²) < 4.78 is 27.6. The monoisotopic (exact) mass is 372 g/mol. The Morgan fingerprint density at radius 2 is 1.68 bits per heavy atom. The van der Waals surface area contributed by atoms with Crippen LogP contribution in [0.15, 0.2) is 83.9 Å². The Bertz CT molecular complexity index is 908. The van der Waals surface area contributed by atoms with Gasteiger partial charge in [-0.2, -0.15) is 4.31 Å². The zero-order valence-corrected chi connectivity index (χ0v) is 15.2. The highest BCUT2D eigenvalue weighted by atomic mass is 35.5. The van der Waals surface area contributed by atoms with Gasteiger partial charge in [-0.1, -0.05) is 54.1 Å². The molecule has 2 aromatic carbocycles. The second kappa shape index (κ2) is 7.35. The fraction of sp³-hybridized carbons (Fsp3) is 0.105. The van der Waals surface area contributed by atoms with E-state index in [0.717, 1.165) is 5.56 Å². The van der Waals surface area contributed by atoms with Crippen LogP contribution in [0.2, 0.25) is 5.02 Å². The number of halogens is 1. The number of pyridine rings is 1. The van der Waals surface area contributed by atoms with Crippen molar-refractivity contribution in [2.45, 2.75) is 10.9 Å². The molecule has 1 unspecified atom stereocenters. The van der Waals surface area contributed by atoms with Crippen molar-refractivity contribution < 1.29 is 8.42 Å². The van der Waals surface area contributed by atoms with Crippen LogP contribution in [0.1, 0.15) is 17.3 Å². The van der Waals surface area contributed by atoms with E-state index >= 15 is 0 Å². The highest BCUT2D eigenvalue weighted by molar-refractivity contribution is 7.89. The van der Waals surface area contributed by atoms with Gasteiger partial charge < -0.3 is 0 Å². The van der Waals surface area contributed by atoms with Gasteiger partial charge in [0.2, 0.25) is 10.0 Å². The Kier molecular flexibility index (Phi) is 5.18. The Labute approximate surface area is 152 Å². The van der Waals surface area contributed by atoms with Crippen LogP contribution in [-0.4, -0.2) is 24.8 Å². The first-order chi connectivity index (χ1) is 12.0. The molecule has 1 heterocycles. The average molecular weight is 373 g/mol. The van der Waals surface area contributed by atoms with Crippen molar-refractivity contribution in [2.24, 2.45) is 0 Å². The topological polar surface area (TPSA) is 50.3 Å². The lowest BCUT2D eigenvalue weighted by atomic mass is 10.0. The molecule has 1 atom stereocenters. The van der Waals surface area contributed by atoms with Gasteiger partial charge in [0.1, 0.15) is 0 Å². The van der Waals surface area contributed by atoms with Gasteiger partial charge in [0.25, 0.3) is 0 Å². The van der Waals surface area contributed by atoms with Gasteiger partial charge in [-0.25, -0.2) is 8.42 Å². The molecule has 128 valence electrons. The molecule has 0 amide bonds. The first kappa shape index (κ1) is 17.6. The minimum atomic E-state index is -3.75. The van der Waals surface area contributed by atoms with Gasteiger partial charge in [-0.15, -0.1) is 0 Å². The summed E-state index contributed by atoms with van der Waals surface area (Å²) in [6.07, 6.45) is 1.66. The molecule has 0 saturated heterocycles. The first-order valence-electron chi connectivity index (χ1n) is 7.69. The van der Waals surface area contributed by atoms with Crippen molar-refractivity contribution >= 4 is 21.6 Å². The van der Waals surface area contributed by atoms with E-state index in [2.05, 4.69) is 4.98 Å². The van der Waals surface area contributed by atoms with E-state index in [-0.39, 0.29) is 4.90 Å². The van der Waals surface area contributed by atoms with Crippen LogP contribution in [0, 0.1) is 0 Å². The van der Waals surface area contributed by atoms with E-state index in [1.807, 2.05) is 42.5 Å². The average Bonchev–Trinajstić information content (AvgIpc) is 2.63. The van der Waals surface area contributed by atoms with Crippen molar-refractivity contribution in [3.8, 4) is 0 Å².